The van der Waals surface area contributed by atoms with Crippen molar-refractivity contribution < 1.29 is 9.59 Å². The highest BCUT2D eigenvalue weighted by Crippen LogP contribution is 2.29. The first-order valence-electron chi connectivity index (χ1n) is 8.03. The van der Waals surface area contributed by atoms with E-state index < -0.39 is 0 Å². The zero-order valence-corrected chi connectivity index (χ0v) is 13.5. The Hall–Kier alpha value is -1.49. The number of amides is 2. The Balaban J connectivity index is 1.50. The van der Waals surface area contributed by atoms with Gasteiger partial charge in [0, 0.05) is 22.5 Å². The van der Waals surface area contributed by atoms with Crippen LogP contribution in [-0.4, -0.2) is 28.9 Å². The van der Waals surface area contributed by atoms with Crippen molar-refractivity contribution in [3.63, 3.8) is 0 Å². The summed E-state index contributed by atoms with van der Waals surface area (Å²) in [5.74, 6) is 0.443. The lowest BCUT2D eigenvalue weighted by molar-refractivity contribution is -0.113. The molecular formula is C17H22N2O2S. The van der Waals surface area contributed by atoms with Crippen LogP contribution in [0.3, 0.4) is 0 Å². The average molecular weight is 318 g/mol. The van der Waals surface area contributed by atoms with Crippen molar-refractivity contribution in [2.45, 2.75) is 49.8 Å². The van der Waals surface area contributed by atoms with Gasteiger partial charge in [0.05, 0.1) is 5.75 Å². The molecule has 1 aromatic rings. The zero-order valence-electron chi connectivity index (χ0n) is 12.6. The van der Waals surface area contributed by atoms with E-state index in [4.69, 9.17) is 0 Å². The first-order valence-corrected chi connectivity index (χ1v) is 9.08. The second kappa shape index (κ2) is 7.18. The van der Waals surface area contributed by atoms with E-state index in [1.165, 1.54) is 25.7 Å². The minimum absolute atomic E-state index is 0.0108. The summed E-state index contributed by atoms with van der Waals surface area (Å²) in [7, 11) is 0. The minimum Gasteiger partial charge on any atom is -0.349 e. The fraction of sp³-hybridized carbons (Fsp3) is 0.529. The summed E-state index contributed by atoms with van der Waals surface area (Å²) in [6.07, 6.45) is 7.18. The van der Waals surface area contributed by atoms with Crippen molar-refractivity contribution in [3.8, 4) is 0 Å². The third-order valence-electron chi connectivity index (χ3n) is 4.07. The Morgan fingerprint density at radius 2 is 1.91 bits per heavy atom. The van der Waals surface area contributed by atoms with Gasteiger partial charge in [0.15, 0.2) is 0 Å². The Kier molecular flexibility index (Phi) is 5.03. The maximum atomic E-state index is 12.0. The smallest absolute Gasteiger partial charge is 0.251 e. The van der Waals surface area contributed by atoms with E-state index in [1.54, 1.807) is 23.9 Å². The number of thioether (sulfide) groups is 1. The molecule has 4 nitrogen and oxygen atoms in total. The fourth-order valence-corrected chi connectivity index (χ4v) is 3.81. The summed E-state index contributed by atoms with van der Waals surface area (Å²) >= 11 is 1.75. The second-order valence-corrected chi connectivity index (χ2v) is 7.38. The summed E-state index contributed by atoms with van der Waals surface area (Å²) in [6.45, 7) is 0. The molecule has 0 unspecified atom stereocenters. The maximum absolute atomic E-state index is 12.0. The van der Waals surface area contributed by atoms with Gasteiger partial charge in [0.2, 0.25) is 5.91 Å². The number of hydrogen-bond acceptors (Lipinski definition) is 3. The van der Waals surface area contributed by atoms with Crippen molar-refractivity contribution in [3.05, 3.63) is 29.8 Å². The van der Waals surface area contributed by atoms with Gasteiger partial charge in [-0.25, -0.2) is 0 Å². The van der Waals surface area contributed by atoms with Gasteiger partial charge >= 0.3 is 0 Å². The fourth-order valence-electron chi connectivity index (χ4n) is 2.68. The van der Waals surface area contributed by atoms with Crippen LogP contribution in [0.25, 0.3) is 0 Å². The molecule has 0 heterocycles. The molecule has 22 heavy (non-hydrogen) atoms. The van der Waals surface area contributed by atoms with Gasteiger partial charge in [-0.3, -0.25) is 9.59 Å². The molecule has 2 aliphatic rings. The van der Waals surface area contributed by atoms with Crippen LogP contribution in [0, 0.1) is 0 Å². The second-order valence-electron chi connectivity index (χ2n) is 6.09. The predicted octanol–water partition coefficient (Wildman–Crippen LogP) is 3.19. The van der Waals surface area contributed by atoms with Crippen molar-refractivity contribution in [1.82, 2.24) is 5.32 Å². The van der Waals surface area contributed by atoms with Crippen molar-refractivity contribution in [2.24, 2.45) is 0 Å². The monoisotopic (exact) mass is 318 g/mol. The Bertz CT molecular complexity index is 551. The molecule has 0 radical (unpaired) electrons. The number of carbonyl (C=O) groups excluding carboxylic acids is 2. The molecule has 2 saturated carbocycles. The number of carbonyl (C=O) groups is 2. The van der Waals surface area contributed by atoms with Crippen LogP contribution in [-0.2, 0) is 4.79 Å². The number of rotatable bonds is 6. The number of anilines is 1. The van der Waals surface area contributed by atoms with Gasteiger partial charge < -0.3 is 10.6 Å². The summed E-state index contributed by atoms with van der Waals surface area (Å²) < 4.78 is 0. The molecule has 2 fully saturated rings. The van der Waals surface area contributed by atoms with Crippen molar-refractivity contribution in [2.75, 3.05) is 11.1 Å². The molecule has 0 aromatic heterocycles. The van der Waals surface area contributed by atoms with Crippen molar-refractivity contribution in [1.29, 1.82) is 0 Å². The van der Waals surface area contributed by atoms with Crippen molar-refractivity contribution >= 4 is 29.3 Å². The molecule has 0 atom stereocenters. The topological polar surface area (TPSA) is 58.2 Å². The molecule has 0 saturated heterocycles. The van der Waals surface area contributed by atoms with E-state index in [0.29, 0.717) is 28.3 Å². The van der Waals surface area contributed by atoms with Gasteiger partial charge in [-0.15, -0.1) is 11.8 Å². The maximum Gasteiger partial charge on any atom is 0.251 e. The third kappa shape index (κ3) is 4.50. The van der Waals surface area contributed by atoms with E-state index >= 15 is 0 Å². The lowest BCUT2D eigenvalue weighted by Gasteiger charge is -2.10. The minimum atomic E-state index is -0.0565. The SMILES string of the molecule is O=C(CSC1CCCC1)Nc1cccc(C(=O)NC2CC2)c1. The van der Waals surface area contributed by atoms with Crippen LogP contribution in [0.4, 0.5) is 5.69 Å². The number of nitrogens with one attached hydrogen (secondary N) is 2. The summed E-state index contributed by atoms with van der Waals surface area (Å²) in [5, 5.41) is 6.49. The molecule has 118 valence electrons. The molecule has 0 bridgehead atoms. The molecule has 1 aromatic carbocycles. The standard InChI is InChI=1S/C17H22N2O2S/c20-16(11-22-15-6-1-2-7-15)18-14-5-3-4-12(10-14)17(21)19-13-8-9-13/h3-5,10,13,15H,1-2,6-9,11H2,(H,18,20)(H,19,21). The van der Waals surface area contributed by atoms with E-state index in [-0.39, 0.29) is 11.8 Å². The van der Waals surface area contributed by atoms with Gasteiger partial charge in [-0.1, -0.05) is 18.9 Å². The van der Waals surface area contributed by atoms with Crippen LogP contribution >= 0.6 is 11.8 Å². The highest BCUT2D eigenvalue weighted by molar-refractivity contribution is 8.00. The van der Waals surface area contributed by atoms with Crippen LogP contribution in [0.1, 0.15) is 48.9 Å². The van der Waals surface area contributed by atoms with E-state index in [9.17, 15) is 9.59 Å². The third-order valence-corrected chi connectivity index (χ3v) is 5.45. The summed E-state index contributed by atoms with van der Waals surface area (Å²) in [4.78, 5) is 24.0. The lowest BCUT2D eigenvalue weighted by Crippen LogP contribution is -2.25. The quantitative estimate of drug-likeness (QED) is 0.847. The molecule has 5 heteroatoms. The van der Waals surface area contributed by atoms with E-state index in [2.05, 4.69) is 10.6 Å². The van der Waals surface area contributed by atoms with E-state index in [0.717, 1.165) is 12.8 Å². The van der Waals surface area contributed by atoms with Crippen LogP contribution in [0.15, 0.2) is 24.3 Å². The number of hydrogen-bond donors (Lipinski definition) is 2. The molecule has 3 rings (SSSR count). The Morgan fingerprint density at radius 1 is 1.14 bits per heavy atom. The average Bonchev–Trinajstić information content (AvgIpc) is 3.17. The van der Waals surface area contributed by atoms with Crippen LogP contribution in [0.2, 0.25) is 0 Å². The molecule has 0 spiro atoms. The predicted molar refractivity (Wildman–Crippen MR) is 90.3 cm³/mol. The molecule has 0 aliphatic heterocycles. The zero-order chi connectivity index (χ0) is 15.4. The highest BCUT2D eigenvalue weighted by Gasteiger charge is 2.23. The highest BCUT2D eigenvalue weighted by atomic mass is 32.2. The first kappa shape index (κ1) is 15.4. The van der Waals surface area contributed by atoms with Gasteiger partial charge in [0.1, 0.15) is 0 Å². The van der Waals surface area contributed by atoms with Gasteiger partial charge in [0.25, 0.3) is 5.91 Å². The molecule has 2 N–H and O–H groups in total. The normalized spacial score (nSPS) is 18.2. The van der Waals surface area contributed by atoms with Crippen LogP contribution < -0.4 is 10.6 Å². The summed E-state index contributed by atoms with van der Waals surface area (Å²) in [5.41, 5.74) is 1.30. The summed E-state index contributed by atoms with van der Waals surface area (Å²) in [6, 6.07) is 7.50. The molecular weight excluding hydrogens is 296 g/mol. The Morgan fingerprint density at radius 3 is 2.64 bits per heavy atom. The first-order chi connectivity index (χ1) is 10.7. The molecule has 2 aliphatic carbocycles. The van der Waals surface area contributed by atoms with Crippen LogP contribution in [0.5, 0.6) is 0 Å². The van der Waals surface area contributed by atoms with Gasteiger partial charge in [-0.05, 0) is 43.9 Å². The largest absolute Gasteiger partial charge is 0.349 e. The number of benzene rings is 1. The Labute approximate surface area is 135 Å². The molecule has 2 amide bonds. The van der Waals surface area contributed by atoms with Gasteiger partial charge in [-0.2, -0.15) is 0 Å². The van der Waals surface area contributed by atoms with E-state index in [1.807, 2.05) is 12.1 Å². The lowest BCUT2D eigenvalue weighted by atomic mass is 10.2.